The smallest absolute Gasteiger partial charge is 0.333 e. The van der Waals surface area contributed by atoms with Crippen LogP contribution < -0.4 is 0 Å². The number of hydrogen-bond acceptors (Lipinski definition) is 3. The molecule has 5 rings (SSSR count). The molecule has 9 heteroatoms. The van der Waals surface area contributed by atoms with Crippen LogP contribution in [0, 0.1) is 13.8 Å². The number of hydrogen-bond donors (Lipinski definition) is 1. The lowest BCUT2D eigenvalue weighted by Crippen LogP contribution is -2.40. The second-order valence-electron chi connectivity index (χ2n) is 8.06. The molecular weight excluding hydrogens is 434 g/mol. The van der Waals surface area contributed by atoms with E-state index in [-0.39, 0.29) is 17.1 Å². The van der Waals surface area contributed by atoms with Gasteiger partial charge in [0.05, 0.1) is 17.9 Å². The van der Waals surface area contributed by atoms with Gasteiger partial charge < -0.3 is 4.98 Å². The summed E-state index contributed by atoms with van der Waals surface area (Å²) < 4.78 is 55.8. The molecule has 1 aliphatic rings. The van der Waals surface area contributed by atoms with Crippen LogP contribution in [0.4, 0.5) is 8.78 Å². The standard InChI is InChI=1S/C23H22F2N4O2S/c1-14-7-9-16(10-8-14)22-21-18(17-5-3-4-6-19(17)27-21)11-12-28(22)32(30,31)20-13-26-29(15(20)2)23(24)25/h3-10,13,22-23,27H,11-12H2,1-2H3/t22-/m1/s1. The van der Waals surface area contributed by atoms with Crippen LogP contribution in [0.1, 0.15) is 40.7 Å². The summed E-state index contributed by atoms with van der Waals surface area (Å²) in [5.74, 6) is 0. The van der Waals surface area contributed by atoms with Crippen molar-refractivity contribution >= 4 is 20.9 Å². The lowest BCUT2D eigenvalue weighted by Gasteiger charge is -2.35. The highest BCUT2D eigenvalue weighted by Crippen LogP contribution is 2.41. The fraction of sp³-hybridized carbons (Fsp3) is 0.261. The molecule has 0 fully saturated rings. The molecule has 0 aliphatic carbocycles. The van der Waals surface area contributed by atoms with Crippen LogP contribution in [-0.4, -0.2) is 34.0 Å². The number of fused-ring (bicyclic) bond motifs is 3. The monoisotopic (exact) mass is 456 g/mol. The Balaban J connectivity index is 1.70. The number of nitrogens with one attached hydrogen (secondary N) is 1. The molecule has 0 saturated carbocycles. The summed E-state index contributed by atoms with van der Waals surface area (Å²) in [6, 6.07) is 15.0. The van der Waals surface area contributed by atoms with Crippen molar-refractivity contribution in [3.63, 3.8) is 0 Å². The Morgan fingerprint density at radius 3 is 2.50 bits per heavy atom. The van der Waals surface area contributed by atoms with E-state index in [1.165, 1.54) is 11.2 Å². The van der Waals surface area contributed by atoms with E-state index in [1.54, 1.807) is 0 Å². The second-order valence-corrected chi connectivity index (χ2v) is 9.92. The molecule has 1 aliphatic heterocycles. The summed E-state index contributed by atoms with van der Waals surface area (Å²) in [6.45, 7) is 0.643. The first-order chi connectivity index (χ1) is 15.3. The van der Waals surface area contributed by atoms with Crippen molar-refractivity contribution in [1.29, 1.82) is 0 Å². The fourth-order valence-corrected chi connectivity index (χ4v) is 6.28. The first-order valence-electron chi connectivity index (χ1n) is 10.3. The fourth-order valence-electron chi connectivity index (χ4n) is 4.54. The SMILES string of the molecule is Cc1ccc([C@@H]2c3[nH]c4ccccc4c3CCN2S(=O)(=O)c2cnn(C(F)F)c2C)cc1. The Morgan fingerprint density at radius 1 is 1.09 bits per heavy atom. The summed E-state index contributed by atoms with van der Waals surface area (Å²) in [5, 5.41) is 4.69. The van der Waals surface area contributed by atoms with E-state index in [0.29, 0.717) is 11.1 Å². The van der Waals surface area contributed by atoms with Gasteiger partial charge in [0.1, 0.15) is 4.90 Å². The molecule has 0 bridgehead atoms. The van der Waals surface area contributed by atoms with Crippen LogP contribution in [0.3, 0.4) is 0 Å². The highest BCUT2D eigenvalue weighted by atomic mass is 32.2. The predicted octanol–water partition coefficient (Wildman–Crippen LogP) is 4.71. The molecule has 0 unspecified atom stereocenters. The maximum absolute atomic E-state index is 13.7. The van der Waals surface area contributed by atoms with Crippen LogP contribution in [0.5, 0.6) is 0 Å². The van der Waals surface area contributed by atoms with Gasteiger partial charge in [0.15, 0.2) is 0 Å². The van der Waals surface area contributed by atoms with E-state index in [4.69, 9.17) is 0 Å². The van der Waals surface area contributed by atoms with E-state index < -0.39 is 22.6 Å². The van der Waals surface area contributed by atoms with Crippen molar-refractivity contribution in [2.45, 2.75) is 37.8 Å². The lowest BCUT2D eigenvalue weighted by atomic mass is 9.94. The molecule has 6 nitrogen and oxygen atoms in total. The Labute approximate surface area is 184 Å². The molecule has 2 aromatic carbocycles. The number of nitrogens with zero attached hydrogens (tertiary/aromatic N) is 3. The Bertz CT molecular complexity index is 1410. The first-order valence-corrected chi connectivity index (χ1v) is 11.7. The lowest BCUT2D eigenvalue weighted by molar-refractivity contribution is 0.0541. The van der Waals surface area contributed by atoms with Crippen molar-refractivity contribution < 1.29 is 17.2 Å². The predicted molar refractivity (Wildman–Crippen MR) is 117 cm³/mol. The van der Waals surface area contributed by atoms with E-state index in [2.05, 4.69) is 10.1 Å². The maximum Gasteiger partial charge on any atom is 0.333 e. The molecule has 166 valence electrons. The molecule has 0 saturated heterocycles. The van der Waals surface area contributed by atoms with Gasteiger partial charge in [-0.1, -0.05) is 48.0 Å². The molecule has 1 N–H and O–H groups in total. The quantitative estimate of drug-likeness (QED) is 0.483. The van der Waals surface area contributed by atoms with Crippen LogP contribution in [0.25, 0.3) is 10.9 Å². The van der Waals surface area contributed by atoms with Crippen LogP contribution >= 0.6 is 0 Å². The number of halogens is 2. The van der Waals surface area contributed by atoms with Crippen molar-refractivity contribution in [3.8, 4) is 0 Å². The highest BCUT2D eigenvalue weighted by Gasteiger charge is 2.40. The minimum atomic E-state index is -4.10. The van der Waals surface area contributed by atoms with Crippen molar-refractivity contribution in [2.24, 2.45) is 0 Å². The Hall–Kier alpha value is -3.04. The number of aromatic amines is 1. The number of rotatable bonds is 4. The molecular formula is C23H22F2N4O2S. The number of sulfonamides is 1. The minimum Gasteiger partial charge on any atom is -0.357 e. The summed E-state index contributed by atoms with van der Waals surface area (Å²) in [4.78, 5) is 3.22. The van der Waals surface area contributed by atoms with E-state index in [1.807, 2.05) is 55.5 Å². The third kappa shape index (κ3) is 3.15. The Morgan fingerprint density at radius 2 is 1.81 bits per heavy atom. The van der Waals surface area contributed by atoms with Gasteiger partial charge >= 0.3 is 6.55 Å². The molecule has 0 radical (unpaired) electrons. The van der Waals surface area contributed by atoms with Gasteiger partial charge in [0.25, 0.3) is 0 Å². The van der Waals surface area contributed by atoms with E-state index in [9.17, 15) is 17.2 Å². The van der Waals surface area contributed by atoms with Crippen LogP contribution in [0.2, 0.25) is 0 Å². The molecule has 0 spiro atoms. The van der Waals surface area contributed by atoms with E-state index in [0.717, 1.165) is 39.5 Å². The minimum absolute atomic E-state index is 0.0786. The molecule has 1 atom stereocenters. The van der Waals surface area contributed by atoms with Gasteiger partial charge in [-0.2, -0.15) is 18.2 Å². The molecule has 3 heterocycles. The summed E-state index contributed by atoms with van der Waals surface area (Å²) in [5.41, 5.74) is 4.62. The second kappa shape index (κ2) is 7.53. The largest absolute Gasteiger partial charge is 0.357 e. The summed E-state index contributed by atoms with van der Waals surface area (Å²) in [6.07, 6.45) is 1.53. The van der Waals surface area contributed by atoms with Crippen LogP contribution in [0.15, 0.2) is 59.6 Å². The van der Waals surface area contributed by atoms with Crippen molar-refractivity contribution in [3.05, 3.63) is 82.8 Å². The number of para-hydroxylation sites is 1. The summed E-state index contributed by atoms with van der Waals surface area (Å²) >= 11 is 0. The molecule has 2 aromatic heterocycles. The zero-order chi connectivity index (χ0) is 22.6. The maximum atomic E-state index is 13.7. The van der Waals surface area contributed by atoms with Crippen molar-refractivity contribution in [1.82, 2.24) is 19.1 Å². The van der Waals surface area contributed by atoms with Gasteiger partial charge in [-0.3, -0.25) is 0 Å². The van der Waals surface area contributed by atoms with Crippen molar-refractivity contribution in [2.75, 3.05) is 6.54 Å². The number of H-pyrrole nitrogens is 1. The van der Waals surface area contributed by atoms with Crippen LogP contribution in [-0.2, 0) is 16.4 Å². The molecule has 4 aromatic rings. The number of alkyl halides is 2. The number of aryl methyl sites for hydroxylation is 1. The Kier molecular flexibility index (Phi) is 4.90. The first kappa shape index (κ1) is 20.8. The zero-order valence-corrected chi connectivity index (χ0v) is 18.4. The normalized spacial score (nSPS) is 17.2. The average molecular weight is 457 g/mol. The van der Waals surface area contributed by atoms with Gasteiger partial charge in [0.2, 0.25) is 10.0 Å². The topological polar surface area (TPSA) is 71.0 Å². The number of aromatic nitrogens is 3. The molecule has 0 amide bonds. The van der Waals surface area contributed by atoms with E-state index >= 15 is 0 Å². The zero-order valence-electron chi connectivity index (χ0n) is 17.6. The third-order valence-electron chi connectivity index (χ3n) is 6.15. The third-order valence-corrected chi connectivity index (χ3v) is 8.12. The van der Waals surface area contributed by atoms with Gasteiger partial charge in [-0.15, -0.1) is 0 Å². The van der Waals surface area contributed by atoms with Gasteiger partial charge in [0, 0.05) is 23.1 Å². The summed E-state index contributed by atoms with van der Waals surface area (Å²) in [7, 11) is -4.10. The highest BCUT2D eigenvalue weighted by molar-refractivity contribution is 7.89. The van der Waals surface area contributed by atoms with Gasteiger partial charge in [-0.25, -0.2) is 13.1 Å². The molecule has 32 heavy (non-hydrogen) atoms. The number of benzene rings is 2. The average Bonchev–Trinajstić information content (AvgIpc) is 3.34. The van der Waals surface area contributed by atoms with Gasteiger partial charge in [-0.05, 0) is 37.5 Å².